The molecule has 0 fully saturated rings. The number of carbonyl (C=O) groups is 1. The summed E-state index contributed by atoms with van der Waals surface area (Å²) >= 11 is 0. The summed E-state index contributed by atoms with van der Waals surface area (Å²) in [6.07, 6.45) is 1.31. The van der Waals surface area contributed by atoms with Crippen LogP contribution in [-0.2, 0) is 24.4 Å². The highest BCUT2D eigenvalue weighted by Gasteiger charge is 2.15. The summed E-state index contributed by atoms with van der Waals surface area (Å²) in [6, 6.07) is 4.21. The highest BCUT2D eigenvalue weighted by atomic mass is 19.1. The van der Waals surface area contributed by atoms with Crippen molar-refractivity contribution in [3.63, 3.8) is 0 Å². The third-order valence-electron chi connectivity index (χ3n) is 5.14. The summed E-state index contributed by atoms with van der Waals surface area (Å²) in [6.45, 7) is 6.82. The minimum atomic E-state index is -0.402. The molecule has 0 atom stereocenters. The standard InChI is InChI=1S/C20H21FN6O2/c1-4-27-12(3)15(11(2)25-27)8-22-17(28)9-26-10-23-18-14-7-13(21)5-6-16(14)24-19(18)20(26)29/h5-7,10,24H,4,8-9H2,1-3H3,(H,22,28). The van der Waals surface area contributed by atoms with E-state index in [4.69, 9.17) is 0 Å². The molecule has 0 bridgehead atoms. The van der Waals surface area contributed by atoms with Crippen LogP contribution >= 0.6 is 0 Å². The van der Waals surface area contributed by atoms with Crippen molar-refractivity contribution < 1.29 is 9.18 Å². The van der Waals surface area contributed by atoms with Gasteiger partial charge in [-0.2, -0.15) is 5.10 Å². The average molecular weight is 396 g/mol. The van der Waals surface area contributed by atoms with E-state index in [2.05, 4.69) is 20.4 Å². The van der Waals surface area contributed by atoms with Gasteiger partial charge >= 0.3 is 0 Å². The molecule has 1 amide bonds. The Morgan fingerprint density at radius 2 is 2.10 bits per heavy atom. The van der Waals surface area contributed by atoms with Crippen LogP contribution in [0.2, 0.25) is 0 Å². The molecule has 3 heterocycles. The fraction of sp³-hybridized carbons (Fsp3) is 0.300. The molecule has 1 aromatic carbocycles. The Kier molecular flexibility index (Phi) is 4.65. The fourth-order valence-electron chi connectivity index (χ4n) is 3.57. The van der Waals surface area contributed by atoms with Crippen LogP contribution in [0.15, 0.2) is 29.3 Å². The number of hydrogen-bond donors (Lipinski definition) is 2. The van der Waals surface area contributed by atoms with Crippen molar-refractivity contribution in [3.8, 4) is 0 Å². The number of benzene rings is 1. The van der Waals surface area contributed by atoms with Gasteiger partial charge in [0.25, 0.3) is 5.56 Å². The molecule has 4 aromatic rings. The van der Waals surface area contributed by atoms with Gasteiger partial charge in [0.1, 0.15) is 23.4 Å². The third kappa shape index (κ3) is 3.28. The molecule has 0 aliphatic carbocycles. The second-order valence-corrected chi connectivity index (χ2v) is 6.96. The Morgan fingerprint density at radius 3 is 2.83 bits per heavy atom. The molecule has 0 saturated heterocycles. The number of aryl methyl sites for hydroxylation is 2. The van der Waals surface area contributed by atoms with Crippen LogP contribution in [0, 0.1) is 19.7 Å². The van der Waals surface area contributed by atoms with Crippen LogP contribution in [0.25, 0.3) is 21.9 Å². The van der Waals surface area contributed by atoms with Gasteiger partial charge < -0.3 is 10.3 Å². The molecule has 0 saturated carbocycles. The van der Waals surface area contributed by atoms with Gasteiger partial charge in [0, 0.05) is 35.2 Å². The number of aromatic amines is 1. The first kappa shape index (κ1) is 18.9. The van der Waals surface area contributed by atoms with E-state index in [0.29, 0.717) is 23.0 Å². The fourth-order valence-corrected chi connectivity index (χ4v) is 3.57. The number of nitrogens with one attached hydrogen (secondary N) is 2. The lowest BCUT2D eigenvalue weighted by atomic mass is 10.2. The van der Waals surface area contributed by atoms with E-state index in [1.807, 2.05) is 25.5 Å². The van der Waals surface area contributed by atoms with E-state index in [1.54, 1.807) is 6.07 Å². The molecular weight excluding hydrogens is 375 g/mol. The van der Waals surface area contributed by atoms with E-state index >= 15 is 0 Å². The van der Waals surface area contributed by atoms with Crippen molar-refractivity contribution in [2.45, 2.75) is 40.4 Å². The van der Waals surface area contributed by atoms with Gasteiger partial charge in [0.15, 0.2) is 0 Å². The number of hydrogen-bond acceptors (Lipinski definition) is 4. The van der Waals surface area contributed by atoms with E-state index in [9.17, 15) is 14.0 Å². The number of halogens is 1. The first-order chi connectivity index (χ1) is 13.9. The normalized spacial score (nSPS) is 11.4. The van der Waals surface area contributed by atoms with Gasteiger partial charge in [-0.1, -0.05) is 0 Å². The monoisotopic (exact) mass is 396 g/mol. The van der Waals surface area contributed by atoms with Crippen LogP contribution in [0.1, 0.15) is 23.9 Å². The number of fused-ring (bicyclic) bond motifs is 3. The quantitative estimate of drug-likeness (QED) is 0.540. The number of amides is 1. The Balaban J connectivity index is 1.55. The van der Waals surface area contributed by atoms with E-state index < -0.39 is 5.82 Å². The van der Waals surface area contributed by atoms with Crippen molar-refractivity contribution in [2.24, 2.45) is 0 Å². The topological polar surface area (TPSA) is 97.6 Å². The lowest BCUT2D eigenvalue weighted by Crippen LogP contribution is -2.32. The maximum atomic E-state index is 13.5. The molecule has 0 aliphatic rings. The predicted octanol–water partition coefficient (Wildman–Crippen LogP) is 2.17. The van der Waals surface area contributed by atoms with Crippen molar-refractivity contribution in [1.29, 1.82) is 0 Å². The Labute approximate surface area is 165 Å². The van der Waals surface area contributed by atoms with Crippen LogP contribution < -0.4 is 10.9 Å². The van der Waals surface area contributed by atoms with Crippen molar-refractivity contribution in [1.82, 2.24) is 29.6 Å². The lowest BCUT2D eigenvalue weighted by Gasteiger charge is -2.08. The van der Waals surface area contributed by atoms with Crippen molar-refractivity contribution in [2.75, 3.05) is 0 Å². The first-order valence-electron chi connectivity index (χ1n) is 9.35. The van der Waals surface area contributed by atoms with E-state index in [0.717, 1.165) is 23.5 Å². The molecule has 29 heavy (non-hydrogen) atoms. The summed E-state index contributed by atoms with van der Waals surface area (Å²) in [7, 11) is 0. The number of H-pyrrole nitrogens is 1. The van der Waals surface area contributed by atoms with Gasteiger partial charge in [-0.05, 0) is 39.0 Å². The van der Waals surface area contributed by atoms with Gasteiger partial charge in [-0.25, -0.2) is 9.37 Å². The molecule has 0 radical (unpaired) electrons. The molecule has 0 aliphatic heterocycles. The van der Waals surface area contributed by atoms with Crippen LogP contribution in [0.4, 0.5) is 4.39 Å². The number of rotatable bonds is 5. The van der Waals surface area contributed by atoms with Crippen LogP contribution in [-0.4, -0.2) is 30.2 Å². The third-order valence-corrected chi connectivity index (χ3v) is 5.14. The molecule has 150 valence electrons. The molecule has 0 spiro atoms. The zero-order valence-corrected chi connectivity index (χ0v) is 16.4. The van der Waals surface area contributed by atoms with Crippen LogP contribution in [0.5, 0.6) is 0 Å². The Hall–Kier alpha value is -3.49. The Bertz CT molecular complexity index is 1300. The zero-order valence-electron chi connectivity index (χ0n) is 16.4. The minimum absolute atomic E-state index is 0.161. The summed E-state index contributed by atoms with van der Waals surface area (Å²) < 4.78 is 16.6. The zero-order chi connectivity index (χ0) is 20.7. The number of nitrogens with zero attached hydrogens (tertiary/aromatic N) is 4. The molecule has 0 unspecified atom stereocenters. The first-order valence-corrected chi connectivity index (χ1v) is 9.35. The SMILES string of the molecule is CCn1nc(C)c(CNC(=O)Cn2cnc3c([nH]c4ccc(F)cc43)c2=O)c1C. The van der Waals surface area contributed by atoms with E-state index in [-0.39, 0.29) is 23.5 Å². The minimum Gasteiger partial charge on any atom is -0.350 e. The molecule has 3 aromatic heterocycles. The lowest BCUT2D eigenvalue weighted by molar-refractivity contribution is -0.121. The second-order valence-electron chi connectivity index (χ2n) is 6.96. The largest absolute Gasteiger partial charge is 0.350 e. The number of carbonyl (C=O) groups excluding carboxylic acids is 1. The highest BCUT2D eigenvalue weighted by molar-refractivity contribution is 6.04. The highest BCUT2D eigenvalue weighted by Crippen LogP contribution is 2.22. The summed E-state index contributed by atoms with van der Waals surface area (Å²) in [5.41, 5.74) is 3.72. The molecule has 4 rings (SSSR count). The predicted molar refractivity (Wildman–Crippen MR) is 107 cm³/mol. The molecule has 9 heteroatoms. The van der Waals surface area contributed by atoms with Gasteiger partial charge in [-0.15, -0.1) is 0 Å². The maximum absolute atomic E-state index is 13.5. The maximum Gasteiger partial charge on any atom is 0.278 e. The van der Waals surface area contributed by atoms with Gasteiger partial charge in [-0.3, -0.25) is 18.8 Å². The smallest absolute Gasteiger partial charge is 0.278 e. The Morgan fingerprint density at radius 1 is 1.31 bits per heavy atom. The number of aromatic nitrogens is 5. The second kappa shape index (κ2) is 7.16. The molecule has 8 nitrogen and oxygen atoms in total. The van der Waals surface area contributed by atoms with Crippen molar-refractivity contribution in [3.05, 3.63) is 57.6 Å². The van der Waals surface area contributed by atoms with Gasteiger partial charge in [0.05, 0.1) is 12.0 Å². The average Bonchev–Trinajstić information content (AvgIpc) is 3.19. The summed E-state index contributed by atoms with van der Waals surface area (Å²) in [4.78, 5) is 32.4. The molecule has 2 N–H and O–H groups in total. The van der Waals surface area contributed by atoms with Crippen molar-refractivity contribution >= 4 is 27.8 Å². The summed E-state index contributed by atoms with van der Waals surface area (Å²) in [5, 5.41) is 7.81. The summed E-state index contributed by atoms with van der Waals surface area (Å²) in [5.74, 6) is -0.709. The van der Waals surface area contributed by atoms with Gasteiger partial charge in [0.2, 0.25) is 5.91 Å². The molecular formula is C20H21FN6O2. The van der Waals surface area contributed by atoms with E-state index in [1.165, 1.54) is 23.0 Å². The van der Waals surface area contributed by atoms with Crippen LogP contribution in [0.3, 0.4) is 0 Å².